The van der Waals surface area contributed by atoms with E-state index in [1.54, 1.807) is 0 Å². The summed E-state index contributed by atoms with van der Waals surface area (Å²) in [5, 5.41) is 23.3. The number of thiol groups is 1. The maximum Gasteiger partial charge on any atom is 0.326 e. The van der Waals surface area contributed by atoms with Gasteiger partial charge in [-0.15, -0.1) is 0 Å². The van der Waals surface area contributed by atoms with E-state index in [0.29, 0.717) is 84.0 Å². The molecule has 0 aromatic heterocycles. The molecule has 362 valence electrons. The number of amides is 5. The standard InChI is InChI=1S/C45H89N9O7S/c1-2-3-4-5-6-7-8-9-10-11-12-13-14-15-16-29-40(55)50-39(34-62)44(59)53-36(26-18-22-31-47)42(57)51-35(25-17-21-30-46)41(56)52-37(27-19-23-32-48)43(58)54-38(45(60)61)28-20-24-33-49/h35-39,62H,2-34,46-49H2,1H3,(H,50,55)(H,51,57)(H,52,56)(H,53,59)(H,54,58)(H,60,61)/t35-,36-,37-,38-,39-/m0/s1. The van der Waals surface area contributed by atoms with Gasteiger partial charge in [-0.1, -0.05) is 96.8 Å². The number of hydrogen-bond donors (Lipinski definition) is 11. The van der Waals surface area contributed by atoms with Crippen molar-refractivity contribution in [1.29, 1.82) is 0 Å². The number of carbonyl (C=O) groups excluding carboxylic acids is 5. The number of rotatable bonds is 43. The lowest BCUT2D eigenvalue weighted by Crippen LogP contribution is -2.59. The van der Waals surface area contributed by atoms with Crippen molar-refractivity contribution in [3.63, 3.8) is 0 Å². The second-order valence-corrected chi connectivity index (χ2v) is 17.1. The van der Waals surface area contributed by atoms with Crippen molar-refractivity contribution in [3.8, 4) is 0 Å². The molecule has 0 aromatic rings. The summed E-state index contributed by atoms with van der Waals surface area (Å²) in [5.74, 6) is -3.92. The van der Waals surface area contributed by atoms with E-state index in [0.717, 1.165) is 19.3 Å². The number of carboxylic acid groups (broad SMARTS) is 1. The predicted octanol–water partition coefficient (Wildman–Crippen LogP) is 4.20. The lowest BCUT2D eigenvalue weighted by molar-refractivity contribution is -0.142. The van der Waals surface area contributed by atoms with Crippen LogP contribution in [0.4, 0.5) is 0 Å². The maximum atomic E-state index is 13.9. The molecule has 0 saturated heterocycles. The Balaban J connectivity index is 5.41. The minimum absolute atomic E-state index is 0.0149. The molecule has 16 nitrogen and oxygen atoms in total. The zero-order chi connectivity index (χ0) is 46.2. The van der Waals surface area contributed by atoms with Crippen LogP contribution in [0.3, 0.4) is 0 Å². The first-order chi connectivity index (χ1) is 30.0. The van der Waals surface area contributed by atoms with Crippen molar-refractivity contribution >= 4 is 48.1 Å². The van der Waals surface area contributed by atoms with Gasteiger partial charge in [0, 0.05) is 12.2 Å². The Morgan fingerprint density at radius 3 is 1.00 bits per heavy atom. The van der Waals surface area contributed by atoms with Crippen LogP contribution < -0.4 is 49.5 Å². The second-order valence-electron chi connectivity index (χ2n) is 16.7. The molecule has 17 heteroatoms. The highest BCUT2D eigenvalue weighted by molar-refractivity contribution is 7.80. The molecule has 0 heterocycles. The Kier molecular flexibility index (Phi) is 38.8. The van der Waals surface area contributed by atoms with Crippen LogP contribution in [-0.4, -0.2) is 103 Å². The van der Waals surface area contributed by atoms with E-state index in [2.05, 4.69) is 46.1 Å². The Morgan fingerprint density at radius 1 is 0.403 bits per heavy atom. The monoisotopic (exact) mass is 900 g/mol. The molecule has 0 fully saturated rings. The van der Waals surface area contributed by atoms with Gasteiger partial charge in [0.05, 0.1) is 0 Å². The van der Waals surface area contributed by atoms with Crippen molar-refractivity contribution in [2.45, 2.75) is 217 Å². The van der Waals surface area contributed by atoms with Gasteiger partial charge in [0.15, 0.2) is 0 Å². The van der Waals surface area contributed by atoms with E-state index < -0.39 is 59.8 Å². The van der Waals surface area contributed by atoms with Gasteiger partial charge in [-0.05, 0) is 110 Å². The molecule has 14 N–H and O–H groups in total. The van der Waals surface area contributed by atoms with Crippen molar-refractivity contribution in [2.24, 2.45) is 22.9 Å². The van der Waals surface area contributed by atoms with Gasteiger partial charge in [0.2, 0.25) is 29.5 Å². The molecule has 62 heavy (non-hydrogen) atoms. The fraction of sp³-hybridized carbons (Fsp3) is 0.867. The third kappa shape index (κ3) is 31.0. The van der Waals surface area contributed by atoms with Crippen LogP contribution in [0.25, 0.3) is 0 Å². The average Bonchev–Trinajstić information content (AvgIpc) is 3.25. The van der Waals surface area contributed by atoms with Gasteiger partial charge in [-0.25, -0.2) is 4.79 Å². The number of hydrogen-bond acceptors (Lipinski definition) is 11. The zero-order valence-electron chi connectivity index (χ0n) is 38.4. The van der Waals surface area contributed by atoms with Crippen molar-refractivity contribution in [2.75, 3.05) is 31.9 Å². The van der Waals surface area contributed by atoms with Crippen LogP contribution in [0.1, 0.15) is 187 Å². The summed E-state index contributed by atoms with van der Waals surface area (Å²) in [5.41, 5.74) is 22.7. The van der Waals surface area contributed by atoms with Gasteiger partial charge >= 0.3 is 5.97 Å². The summed E-state index contributed by atoms with van der Waals surface area (Å²) >= 11 is 4.32. The average molecular weight is 900 g/mol. The number of nitrogens with two attached hydrogens (primary N) is 4. The minimum Gasteiger partial charge on any atom is -0.480 e. The topological polar surface area (TPSA) is 287 Å². The van der Waals surface area contributed by atoms with E-state index in [9.17, 15) is 33.9 Å². The lowest BCUT2D eigenvalue weighted by atomic mass is 10.0. The first kappa shape index (κ1) is 59.0. The largest absolute Gasteiger partial charge is 0.480 e. The van der Waals surface area contributed by atoms with Crippen molar-refractivity contribution < 1.29 is 33.9 Å². The number of aliphatic carboxylic acids is 1. The number of unbranched alkanes of at least 4 members (excludes halogenated alkanes) is 18. The summed E-state index contributed by atoms with van der Waals surface area (Å²) in [6.07, 6.45) is 23.7. The maximum absolute atomic E-state index is 13.9. The molecule has 0 unspecified atom stereocenters. The van der Waals surface area contributed by atoms with E-state index in [1.807, 2.05) is 0 Å². The number of carboxylic acids is 1. The van der Waals surface area contributed by atoms with E-state index in [-0.39, 0.29) is 43.8 Å². The molecule has 0 radical (unpaired) electrons. The zero-order valence-corrected chi connectivity index (χ0v) is 39.3. The minimum atomic E-state index is -1.20. The molecule has 0 aliphatic heterocycles. The molecule has 5 amide bonds. The Bertz CT molecular complexity index is 1200. The third-order valence-electron chi connectivity index (χ3n) is 11.1. The molecule has 5 atom stereocenters. The van der Waals surface area contributed by atoms with Crippen LogP contribution >= 0.6 is 12.6 Å². The summed E-state index contributed by atoms with van der Waals surface area (Å²) in [7, 11) is 0. The van der Waals surface area contributed by atoms with Gasteiger partial charge < -0.3 is 54.6 Å². The van der Waals surface area contributed by atoms with E-state index in [1.165, 1.54) is 70.6 Å². The van der Waals surface area contributed by atoms with Crippen molar-refractivity contribution in [3.05, 3.63) is 0 Å². The van der Waals surface area contributed by atoms with Crippen molar-refractivity contribution in [1.82, 2.24) is 26.6 Å². The number of nitrogens with one attached hydrogen (secondary N) is 5. The fourth-order valence-electron chi connectivity index (χ4n) is 7.24. The van der Waals surface area contributed by atoms with Crippen LogP contribution in [0.15, 0.2) is 0 Å². The molecule has 0 aromatic carbocycles. The Morgan fingerprint density at radius 2 is 0.694 bits per heavy atom. The fourth-order valence-corrected chi connectivity index (χ4v) is 7.50. The summed E-state index contributed by atoms with van der Waals surface area (Å²) in [4.78, 5) is 79.4. The van der Waals surface area contributed by atoms with Crippen LogP contribution in [-0.2, 0) is 28.8 Å². The first-order valence-corrected chi connectivity index (χ1v) is 24.8. The molecular weight excluding hydrogens is 811 g/mol. The van der Waals surface area contributed by atoms with Gasteiger partial charge in [0.25, 0.3) is 0 Å². The normalized spacial score (nSPS) is 13.6. The van der Waals surface area contributed by atoms with Gasteiger partial charge in [-0.2, -0.15) is 12.6 Å². The Hall–Kier alpha value is -2.99. The molecule has 0 bridgehead atoms. The molecule has 0 aliphatic rings. The Labute approximate surface area is 379 Å². The third-order valence-corrected chi connectivity index (χ3v) is 11.5. The molecular formula is C45H89N9O7S. The molecule has 0 aliphatic carbocycles. The number of carbonyl (C=O) groups is 6. The smallest absolute Gasteiger partial charge is 0.326 e. The summed E-state index contributed by atoms with van der Waals surface area (Å²) in [6, 6.07) is -5.38. The highest BCUT2D eigenvalue weighted by atomic mass is 32.1. The quantitative estimate of drug-likeness (QED) is 0.0305. The highest BCUT2D eigenvalue weighted by Gasteiger charge is 2.32. The summed E-state index contributed by atoms with van der Waals surface area (Å²) < 4.78 is 0. The predicted molar refractivity (Wildman–Crippen MR) is 252 cm³/mol. The molecule has 0 spiro atoms. The summed E-state index contributed by atoms with van der Waals surface area (Å²) in [6.45, 7) is 3.74. The van der Waals surface area contributed by atoms with Gasteiger partial charge in [0.1, 0.15) is 30.2 Å². The lowest BCUT2D eigenvalue weighted by Gasteiger charge is -2.27. The van der Waals surface area contributed by atoms with Gasteiger partial charge in [-0.3, -0.25) is 24.0 Å². The highest BCUT2D eigenvalue weighted by Crippen LogP contribution is 2.14. The van der Waals surface area contributed by atoms with E-state index in [4.69, 9.17) is 22.9 Å². The van der Waals surface area contributed by atoms with Crippen LogP contribution in [0, 0.1) is 0 Å². The van der Waals surface area contributed by atoms with Crippen LogP contribution in [0.2, 0.25) is 0 Å². The molecule has 0 saturated carbocycles. The second kappa shape index (κ2) is 40.8. The van der Waals surface area contributed by atoms with E-state index >= 15 is 0 Å². The van der Waals surface area contributed by atoms with Crippen LogP contribution in [0.5, 0.6) is 0 Å². The molecule has 0 rings (SSSR count). The SMILES string of the molecule is CCCCCCCCCCCCCCCCCC(=O)N[C@@H](CS)C(=O)N[C@@H](CCCCN)C(=O)N[C@@H](CCCCN)C(=O)N[C@@H](CCCCN)C(=O)N[C@@H](CCCCN)C(=O)O. The first-order valence-electron chi connectivity index (χ1n) is 24.1.